The normalized spacial score (nSPS) is 20.2. The van der Waals surface area contributed by atoms with E-state index in [1.54, 1.807) is 24.8 Å². The molecule has 4 heterocycles. The molecule has 2 aliphatic heterocycles. The maximum Gasteiger partial charge on any atom is 0.159 e. The molecular weight excluding hydrogens is 594 g/mol. The number of aryl methyl sites for hydroxylation is 1. The Bertz CT molecular complexity index is 1960. The van der Waals surface area contributed by atoms with Gasteiger partial charge in [0.25, 0.3) is 0 Å². The molecule has 0 saturated carbocycles. The zero-order valence-corrected chi connectivity index (χ0v) is 27.3. The number of aromatic nitrogens is 4. The minimum Gasteiger partial charge on any atom is -0.308 e. The fourth-order valence-corrected chi connectivity index (χ4v) is 14.4. The molecule has 2 aromatic heterocycles. The van der Waals surface area contributed by atoms with Crippen LogP contribution in [0.25, 0.3) is 22.8 Å². The van der Waals surface area contributed by atoms with Crippen LogP contribution in [0.4, 0.5) is 17.1 Å². The SMILES string of the molecule is CCN(CC)P1(=S)c2cc(-c3ncccn3)ccc2N2c3ccc(-c4ncccn4)cc3P(C)(=S)c3cc(C)cc1c32. The Morgan fingerprint density at radius 2 is 1.19 bits per heavy atom. The Hall–Kier alpha value is -3.12. The highest BCUT2D eigenvalue weighted by molar-refractivity contribution is 8.22. The van der Waals surface area contributed by atoms with Crippen molar-refractivity contribution in [2.24, 2.45) is 0 Å². The molecule has 7 rings (SSSR count). The zero-order chi connectivity index (χ0) is 29.2. The van der Waals surface area contributed by atoms with Crippen LogP contribution in [0.3, 0.4) is 0 Å². The van der Waals surface area contributed by atoms with Gasteiger partial charge in [-0.25, -0.2) is 19.9 Å². The van der Waals surface area contributed by atoms with E-state index in [1.165, 1.54) is 32.5 Å². The number of rotatable bonds is 5. The van der Waals surface area contributed by atoms with Crippen LogP contribution in [0.2, 0.25) is 0 Å². The van der Waals surface area contributed by atoms with Crippen LogP contribution in [-0.4, -0.2) is 44.4 Å². The van der Waals surface area contributed by atoms with E-state index in [9.17, 15) is 0 Å². The lowest BCUT2D eigenvalue weighted by atomic mass is 10.1. The maximum atomic E-state index is 6.93. The Labute approximate surface area is 257 Å². The molecule has 0 bridgehead atoms. The molecule has 42 heavy (non-hydrogen) atoms. The van der Waals surface area contributed by atoms with Crippen molar-refractivity contribution in [3.63, 3.8) is 0 Å². The summed E-state index contributed by atoms with van der Waals surface area (Å²) in [6, 6.07) is 19.2. The Morgan fingerprint density at radius 1 is 0.690 bits per heavy atom. The molecule has 0 N–H and O–H groups in total. The molecule has 0 amide bonds. The van der Waals surface area contributed by atoms with E-state index < -0.39 is 12.2 Å². The average molecular weight is 625 g/mol. The second-order valence-corrected chi connectivity index (χ2v) is 19.9. The summed E-state index contributed by atoms with van der Waals surface area (Å²) >= 11 is 13.6. The number of hydrogen-bond acceptors (Lipinski definition) is 7. The van der Waals surface area contributed by atoms with Crippen molar-refractivity contribution >= 4 is 74.1 Å². The molecule has 0 radical (unpaired) electrons. The molecule has 2 unspecified atom stereocenters. The highest BCUT2D eigenvalue weighted by Gasteiger charge is 2.45. The third-order valence-corrected chi connectivity index (χ3v) is 17.2. The van der Waals surface area contributed by atoms with Crippen LogP contribution in [-0.2, 0) is 23.6 Å². The quantitative estimate of drug-likeness (QED) is 0.229. The minimum absolute atomic E-state index is 0.702. The van der Waals surface area contributed by atoms with E-state index >= 15 is 0 Å². The lowest BCUT2D eigenvalue weighted by molar-refractivity contribution is 0.513. The van der Waals surface area contributed by atoms with Gasteiger partial charge in [0.1, 0.15) is 0 Å². The summed E-state index contributed by atoms with van der Waals surface area (Å²) in [4.78, 5) is 20.6. The van der Waals surface area contributed by atoms with E-state index in [0.29, 0.717) is 11.6 Å². The lowest BCUT2D eigenvalue weighted by Crippen LogP contribution is -2.46. The van der Waals surface area contributed by atoms with Crippen molar-refractivity contribution in [2.75, 3.05) is 24.7 Å². The largest absolute Gasteiger partial charge is 0.308 e. The fourth-order valence-electron chi connectivity index (χ4n) is 6.27. The number of fused-ring (bicyclic) bond motifs is 4. The standard InChI is InChI=1S/C32H30N6P2S2/c1-5-37(6-2)40(42)27-20-23(32-35-15-8-16-36-32)10-12-25(27)38-24-11-9-22(31-33-13-7-14-34-31)19-26(24)39(4,41)28-17-21(3)18-29(40)30(28)38/h7-20H,5-6H2,1-4H3. The Morgan fingerprint density at radius 3 is 1.74 bits per heavy atom. The topological polar surface area (TPSA) is 58.0 Å². The van der Waals surface area contributed by atoms with Crippen LogP contribution in [0, 0.1) is 6.92 Å². The Balaban J connectivity index is 1.57. The minimum atomic E-state index is -2.43. The van der Waals surface area contributed by atoms with Crippen molar-refractivity contribution in [1.82, 2.24) is 24.6 Å². The van der Waals surface area contributed by atoms with E-state index in [4.69, 9.17) is 23.6 Å². The average Bonchev–Trinajstić information content (AvgIpc) is 3.02. The van der Waals surface area contributed by atoms with Crippen molar-refractivity contribution in [3.05, 3.63) is 91.0 Å². The van der Waals surface area contributed by atoms with Gasteiger partial charge in [0.15, 0.2) is 11.6 Å². The number of anilines is 3. The summed E-state index contributed by atoms with van der Waals surface area (Å²) in [5, 5.41) is 4.80. The zero-order valence-electron chi connectivity index (χ0n) is 23.9. The summed E-state index contributed by atoms with van der Waals surface area (Å²) in [7, 11) is 0. The third kappa shape index (κ3) is 4.00. The molecule has 0 fully saturated rings. The predicted molar refractivity (Wildman–Crippen MR) is 184 cm³/mol. The van der Waals surface area contributed by atoms with E-state index in [1.807, 2.05) is 12.1 Å². The lowest BCUT2D eigenvalue weighted by Gasteiger charge is -2.48. The second kappa shape index (κ2) is 10.3. The van der Waals surface area contributed by atoms with Gasteiger partial charge in [-0.05, 0) is 79.8 Å². The van der Waals surface area contributed by atoms with Crippen molar-refractivity contribution in [1.29, 1.82) is 0 Å². The maximum absolute atomic E-state index is 6.93. The predicted octanol–water partition coefficient (Wildman–Crippen LogP) is 5.75. The van der Waals surface area contributed by atoms with Gasteiger partial charge in [-0.3, -0.25) is 4.67 Å². The van der Waals surface area contributed by atoms with E-state index in [-0.39, 0.29) is 0 Å². The molecule has 0 spiro atoms. The molecule has 3 aromatic carbocycles. The molecule has 6 nitrogen and oxygen atoms in total. The first-order valence-corrected chi connectivity index (χ1v) is 20.0. The summed E-state index contributed by atoms with van der Waals surface area (Å²) in [5.74, 6) is 1.40. The second-order valence-electron chi connectivity index (χ2n) is 10.7. The summed E-state index contributed by atoms with van der Waals surface area (Å²) < 4.78 is 2.49. The van der Waals surface area contributed by atoms with Gasteiger partial charge in [0, 0.05) is 76.3 Å². The van der Waals surface area contributed by atoms with Crippen LogP contribution in [0.1, 0.15) is 19.4 Å². The number of nitrogens with zero attached hydrogens (tertiary/aromatic N) is 6. The first-order valence-electron chi connectivity index (χ1n) is 14.0. The monoisotopic (exact) mass is 624 g/mol. The molecule has 2 atom stereocenters. The summed E-state index contributed by atoms with van der Waals surface area (Å²) in [6.07, 6.45) is 4.71. The molecule has 0 saturated heterocycles. The van der Waals surface area contributed by atoms with Crippen molar-refractivity contribution in [2.45, 2.75) is 20.8 Å². The number of benzene rings is 3. The molecule has 2 aliphatic rings. The van der Waals surface area contributed by atoms with Crippen molar-refractivity contribution < 1.29 is 0 Å². The third-order valence-electron chi connectivity index (χ3n) is 8.22. The van der Waals surface area contributed by atoms with Gasteiger partial charge >= 0.3 is 0 Å². The molecule has 10 heteroatoms. The highest BCUT2D eigenvalue weighted by Crippen LogP contribution is 2.62. The smallest absolute Gasteiger partial charge is 0.159 e. The van der Waals surface area contributed by atoms with E-state index in [2.05, 4.69) is 105 Å². The van der Waals surface area contributed by atoms with Gasteiger partial charge in [-0.2, -0.15) is 0 Å². The molecule has 0 aliphatic carbocycles. The summed E-state index contributed by atoms with van der Waals surface area (Å²) in [5.41, 5.74) is 6.56. The fraction of sp³-hybridized carbons (Fsp3) is 0.188. The van der Waals surface area contributed by atoms with Gasteiger partial charge in [0.2, 0.25) is 0 Å². The van der Waals surface area contributed by atoms with Gasteiger partial charge in [-0.1, -0.05) is 37.5 Å². The number of hydrogen-bond donors (Lipinski definition) is 0. The first-order chi connectivity index (χ1) is 20.3. The van der Waals surface area contributed by atoms with Gasteiger partial charge in [0.05, 0.1) is 23.3 Å². The van der Waals surface area contributed by atoms with Crippen LogP contribution >= 0.6 is 12.2 Å². The van der Waals surface area contributed by atoms with Crippen LogP contribution in [0.15, 0.2) is 85.5 Å². The van der Waals surface area contributed by atoms with Crippen molar-refractivity contribution in [3.8, 4) is 22.8 Å². The first kappa shape index (κ1) is 27.7. The Kier molecular flexibility index (Phi) is 6.76. The molecule has 210 valence electrons. The highest BCUT2D eigenvalue weighted by atomic mass is 32.4. The van der Waals surface area contributed by atoms with E-state index in [0.717, 1.165) is 35.6 Å². The van der Waals surface area contributed by atoms with Crippen LogP contribution < -0.4 is 26.1 Å². The van der Waals surface area contributed by atoms with Crippen LogP contribution in [0.5, 0.6) is 0 Å². The molecular formula is C32H30N6P2S2. The van der Waals surface area contributed by atoms with Gasteiger partial charge < -0.3 is 4.90 Å². The molecule has 5 aromatic rings. The summed E-state index contributed by atoms with van der Waals surface area (Å²) in [6.45, 7) is 10.6. The van der Waals surface area contributed by atoms with Gasteiger partial charge in [-0.15, -0.1) is 0 Å².